The Kier molecular flexibility index (Phi) is 32.6. The zero-order chi connectivity index (χ0) is 82.7. The SMILES string of the molecule is CCCC[C@@H]1NC(=O)[C@H](Cc2c[nH]c3ccccc23)NC(=O)[C@H](CC(N)=O)NC(=O)[C@H](Cc2ccc[nH]2)NC(=O)CNC(=O)[C@H](CO)NC(=O)[C@H](CCCNC(=N)N)NC(=O)[C@H](Cc2ccc3ccccc3c2)NC(=O)CSC[C@@H](C(N)=O)NC(=O)[C@H](C(C)C)NC(=O)[C@@H](Cc2c[nH]c3ccccc23)NC(=O)[C@H](C(C)C)CC1=O. The van der Waals surface area contributed by atoms with Crippen molar-refractivity contribution in [3.05, 3.63) is 144 Å². The molecule has 13 amide bonds. The number of nitrogens with two attached hydrogens (primary N) is 3. The Hall–Kier alpha value is -12.1. The van der Waals surface area contributed by atoms with Crippen LogP contribution in [0.4, 0.5) is 0 Å². The lowest BCUT2D eigenvalue weighted by Crippen LogP contribution is -2.60. The number of thioether (sulfide) groups is 1. The number of aromatic amines is 3. The molecule has 8 rings (SSSR count). The molecule has 0 spiro atoms. The average molecular weight is 1590 g/mol. The molecule has 1 fully saturated rings. The normalized spacial score (nSPS) is 22.8. The highest BCUT2D eigenvalue weighted by Crippen LogP contribution is 2.25. The number of fused-ring (bicyclic) bond motifs is 3. The van der Waals surface area contributed by atoms with Gasteiger partial charge in [-0.1, -0.05) is 126 Å². The van der Waals surface area contributed by atoms with Crippen molar-refractivity contribution in [1.29, 1.82) is 5.41 Å². The zero-order valence-electron chi connectivity index (χ0n) is 64.2. The van der Waals surface area contributed by atoms with Gasteiger partial charge < -0.3 is 101 Å². The van der Waals surface area contributed by atoms with Crippen molar-refractivity contribution in [2.45, 2.75) is 166 Å². The fourth-order valence-electron chi connectivity index (χ4n) is 13.2. The summed E-state index contributed by atoms with van der Waals surface area (Å²) in [5, 5.41) is 52.7. The minimum absolute atomic E-state index is 0.0186. The number of para-hydroxylation sites is 2. The number of carbonyl (C=O) groups is 14. The van der Waals surface area contributed by atoms with Gasteiger partial charge in [0.25, 0.3) is 0 Å². The molecule has 114 heavy (non-hydrogen) atoms. The van der Waals surface area contributed by atoms with E-state index >= 15 is 19.2 Å². The van der Waals surface area contributed by atoms with Gasteiger partial charge in [0.1, 0.15) is 54.4 Å². The minimum atomic E-state index is -1.83. The summed E-state index contributed by atoms with van der Waals surface area (Å²) in [6, 6.07) is 14.9. The summed E-state index contributed by atoms with van der Waals surface area (Å²) in [5.74, 6) is -16.5. The van der Waals surface area contributed by atoms with E-state index in [2.05, 4.69) is 78.8 Å². The smallest absolute Gasteiger partial charge is 0.245 e. The van der Waals surface area contributed by atoms with Crippen LogP contribution in [-0.2, 0) is 92.8 Å². The molecule has 35 heteroatoms. The zero-order valence-corrected chi connectivity index (χ0v) is 65.0. The molecule has 0 unspecified atom stereocenters. The maximum Gasteiger partial charge on any atom is 0.245 e. The van der Waals surface area contributed by atoms with Crippen molar-refractivity contribution in [3.8, 4) is 0 Å². The summed E-state index contributed by atoms with van der Waals surface area (Å²) in [4.78, 5) is 211. The summed E-state index contributed by atoms with van der Waals surface area (Å²) in [6.07, 6.45) is 3.55. The van der Waals surface area contributed by atoms with E-state index in [-0.39, 0.29) is 57.2 Å². The number of primary amides is 2. The first-order valence-corrected chi connectivity index (χ1v) is 39.0. The number of H-pyrrole nitrogens is 3. The van der Waals surface area contributed by atoms with E-state index in [0.29, 0.717) is 57.0 Å². The Morgan fingerprint density at radius 2 is 1.06 bits per heavy atom. The molecule has 610 valence electrons. The molecule has 4 heterocycles. The van der Waals surface area contributed by atoms with Gasteiger partial charge in [-0.3, -0.25) is 72.5 Å². The highest BCUT2D eigenvalue weighted by atomic mass is 32.2. The van der Waals surface area contributed by atoms with E-state index in [1.165, 1.54) is 6.20 Å². The van der Waals surface area contributed by atoms with E-state index < -0.39 is 198 Å². The Bertz CT molecular complexity index is 4600. The second-order valence-corrected chi connectivity index (χ2v) is 30.0. The Morgan fingerprint density at radius 3 is 1.65 bits per heavy atom. The molecule has 4 aromatic carbocycles. The number of unbranched alkanes of at least 4 members (excludes halogenated alkanes) is 1. The number of hydrogen-bond donors (Lipinski definition) is 20. The van der Waals surface area contributed by atoms with E-state index in [1.54, 1.807) is 101 Å². The predicted molar refractivity (Wildman–Crippen MR) is 427 cm³/mol. The standard InChI is InChI=1S/C79H103N19O15S/c1-6-7-21-55-64(100)34-52(42(2)3)70(105)93-59(32-48-37-87-54-23-13-11-20-51(48)54)77(112)98-68(43(4)5)78(113)97-63(69(81)104)40-114-41-67(103)90-57(30-44-25-26-45-16-8-9-17-46(45)29-44)73(108)92-56(24-15-28-85-79(82)83)72(107)96-62(39-99)71(106)88-38-66(102)89-60(33-49-18-14-27-84-49)75(110)95-61(35-65(80)101)76(111)94-58(74(109)91-55)31-47-36-86-53-22-12-10-19-50(47)53/h8-14,16-20,22-23,25-27,29,36-37,42-43,52,55-63,68,84,86-87,99H,6-7,15,21,24,28,30-35,38-41H2,1-5H3,(H2,80,101)(H2,81,104)(H,88,106)(H,89,102)(H,90,103)(H,91,109)(H,92,108)(H,93,105)(H,94,111)(H,95,110)(H,96,107)(H,97,113)(H,98,112)(H4,82,83,85)/t52-,55-,56-,57-,58-,59+,60-,61-,62-,63-,68-/m0/s1. The van der Waals surface area contributed by atoms with Crippen LogP contribution >= 0.6 is 11.8 Å². The molecule has 1 saturated heterocycles. The number of benzene rings is 4. The van der Waals surface area contributed by atoms with Crippen LogP contribution in [0.3, 0.4) is 0 Å². The van der Waals surface area contributed by atoms with Gasteiger partial charge in [0.2, 0.25) is 76.8 Å². The van der Waals surface area contributed by atoms with Gasteiger partial charge in [0.15, 0.2) is 11.7 Å². The first-order valence-electron chi connectivity index (χ1n) is 37.8. The van der Waals surface area contributed by atoms with Crippen molar-refractivity contribution in [1.82, 2.24) is 78.8 Å². The fourth-order valence-corrected chi connectivity index (χ4v) is 14.1. The van der Waals surface area contributed by atoms with E-state index in [1.807, 2.05) is 49.4 Å². The van der Waals surface area contributed by atoms with Crippen molar-refractivity contribution in [2.75, 3.05) is 31.2 Å². The molecule has 34 nitrogen and oxygen atoms in total. The maximum atomic E-state index is 15.1. The number of ketones is 1. The third-order valence-electron chi connectivity index (χ3n) is 19.5. The Balaban J connectivity index is 1.15. The van der Waals surface area contributed by atoms with Crippen LogP contribution in [0.15, 0.2) is 122 Å². The number of nitrogens with one attached hydrogen (secondary N) is 16. The second-order valence-electron chi connectivity index (χ2n) is 28.9. The molecular weight excluding hydrogens is 1490 g/mol. The van der Waals surface area contributed by atoms with Crippen molar-refractivity contribution in [3.63, 3.8) is 0 Å². The van der Waals surface area contributed by atoms with Crippen LogP contribution < -0.4 is 81.0 Å². The molecule has 3 aromatic heterocycles. The van der Waals surface area contributed by atoms with Crippen LogP contribution in [0.25, 0.3) is 32.6 Å². The lowest BCUT2D eigenvalue weighted by atomic mass is 9.86. The first kappa shape index (κ1) is 87.4. The summed E-state index contributed by atoms with van der Waals surface area (Å²) in [5.41, 5.74) is 20.6. The van der Waals surface area contributed by atoms with Gasteiger partial charge in [-0.2, -0.15) is 0 Å². The maximum absolute atomic E-state index is 15.1. The number of aromatic nitrogens is 3. The average Bonchev–Trinajstić information content (AvgIpc) is 1.61. The van der Waals surface area contributed by atoms with Crippen LogP contribution in [0.2, 0.25) is 0 Å². The van der Waals surface area contributed by atoms with Gasteiger partial charge in [-0.15, -0.1) is 11.8 Å². The summed E-state index contributed by atoms with van der Waals surface area (Å²) in [7, 11) is 0. The number of guanidine groups is 1. The van der Waals surface area contributed by atoms with Crippen LogP contribution in [0.5, 0.6) is 0 Å². The van der Waals surface area contributed by atoms with Gasteiger partial charge in [-0.05, 0) is 82.8 Å². The number of hydrogen-bond acceptors (Lipinski definition) is 17. The van der Waals surface area contributed by atoms with Gasteiger partial charge in [0, 0.05) is 96.4 Å². The molecule has 0 bridgehead atoms. The van der Waals surface area contributed by atoms with Gasteiger partial charge in [-0.25, -0.2) is 0 Å². The highest BCUT2D eigenvalue weighted by molar-refractivity contribution is 8.00. The lowest BCUT2D eigenvalue weighted by Gasteiger charge is -2.29. The largest absolute Gasteiger partial charge is 0.394 e. The molecule has 0 aliphatic carbocycles. The van der Waals surface area contributed by atoms with Gasteiger partial charge >= 0.3 is 0 Å². The van der Waals surface area contributed by atoms with E-state index in [4.69, 9.17) is 22.6 Å². The fraction of sp³-hybridized carbons (Fsp3) is 0.430. The summed E-state index contributed by atoms with van der Waals surface area (Å²) >= 11 is 0.856. The van der Waals surface area contributed by atoms with Crippen molar-refractivity contribution >= 4 is 133 Å². The van der Waals surface area contributed by atoms with E-state index in [9.17, 15) is 53.1 Å². The lowest BCUT2D eigenvalue weighted by molar-refractivity contribution is -0.137. The van der Waals surface area contributed by atoms with Crippen LogP contribution in [0, 0.1) is 23.2 Å². The number of aliphatic hydroxyl groups is 1. The second kappa shape index (κ2) is 42.5. The molecule has 7 aromatic rings. The molecular formula is C79H103N19O15S. The third kappa shape index (κ3) is 25.7. The minimum Gasteiger partial charge on any atom is -0.394 e. The molecule has 0 saturated carbocycles. The quantitative estimate of drug-likeness (QED) is 0.0252. The first-order chi connectivity index (χ1) is 54.5. The molecule has 1 aliphatic rings. The number of aliphatic hydroxyl groups excluding tert-OH is 1. The Labute approximate surface area is 662 Å². The molecule has 0 radical (unpaired) electrons. The van der Waals surface area contributed by atoms with Crippen molar-refractivity contribution in [2.24, 2.45) is 35.0 Å². The van der Waals surface area contributed by atoms with Crippen molar-refractivity contribution < 1.29 is 72.2 Å². The predicted octanol–water partition coefficient (Wildman–Crippen LogP) is -0.194. The topological polar surface area (TPSA) is 553 Å². The monoisotopic (exact) mass is 1590 g/mol. The number of amides is 13. The number of rotatable bonds is 21. The molecule has 1 aliphatic heterocycles. The van der Waals surface area contributed by atoms with Gasteiger partial charge in [0.05, 0.1) is 31.4 Å². The number of carbonyl (C=O) groups excluding carboxylic acids is 14. The van der Waals surface area contributed by atoms with E-state index in [0.717, 1.165) is 22.5 Å². The Morgan fingerprint density at radius 1 is 0.526 bits per heavy atom. The highest BCUT2D eigenvalue weighted by Gasteiger charge is 2.39. The summed E-state index contributed by atoms with van der Waals surface area (Å²) in [6.45, 7) is 6.59. The van der Waals surface area contributed by atoms with Crippen LogP contribution in [0.1, 0.15) is 102 Å². The van der Waals surface area contributed by atoms with Crippen LogP contribution in [-0.4, -0.2) is 200 Å². The molecule has 23 N–H and O–H groups in total. The third-order valence-corrected chi connectivity index (χ3v) is 20.6. The number of Topliss-reactive ketones (excluding diaryl/α,β-unsaturated/α-hetero) is 1. The summed E-state index contributed by atoms with van der Waals surface area (Å²) < 4.78 is 0. The molecule has 11 atom stereocenters.